The van der Waals surface area contributed by atoms with E-state index in [1.807, 2.05) is 42.5 Å². The van der Waals surface area contributed by atoms with Crippen LogP contribution in [0.3, 0.4) is 0 Å². The van der Waals surface area contributed by atoms with Crippen LogP contribution < -0.4 is 16.2 Å². The number of nitrogens with zero attached hydrogens (tertiary/aromatic N) is 2. The van der Waals surface area contributed by atoms with Gasteiger partial charge in [-0.1, -0.05) is 30.3 Å². The number of imidazole rings is 1. The number of benzene rings is 2. The smallest absolute Gasteiger partial charge is 0.272 e. The van der Waals surface area contributed by atoms with Gasteiger partial charge in [-0.25, -0.2) is 10.1 Å². The lowest BCUT2D eigenvalue weighted by Gasteiger charge is -2.30. The van der Waals surface area contributed by atoms with E-state index in [9.17, 15) is 9.59 Å². The predicted octanol–water partition coefficient (Wildman–Crippen LogP) is 3.27. The summed E-state index contributed by atoms with van der Waals surface area (Å²) in [5.74, 6) is 1.56. The zero-order chi connectivity index (χ0) is 21.9. The van der Waals surface area contributed by atoms with Crippen LogP contribution in [0.1, 0.15) is 37.9 Å². The number of aromatic amines is 2. The Bertz CT molecular complexity index is 1280. The normalized spacial score (nSPS) is 18.6. The van der Waals surface area contributed by atoms with E-state index in [-0.39, 0.29) is 23.6 Å². The van der Waals surface area contributed by atoms with E-state index < -0.39 is 0 Å². The van der Waals surface area contributed by atoms with Crippen molar-refractivity contribution in [2.75, 3.05) is 5.32 Å². The number of hydrogen-bond donors (Lipinski definition) is 4. The highest BCUT2D eigenvalue weighted by Crippen LogP contribution is 2.24. The number of aryl methyl sites for hydroxylation is 1. The lowest BCUT2D eigenvalue weighted by molar-refractivity contribution is -0.122. The molecule has 2 aromatic heterocycles. The van der Waals surface area contributed by atoms with E-state index >= 15 is 0 Å². The number of hydrogen-bond acceptors (Lipinski definition) is 5. The average Bonchev–Trinajstić information content (AvgIpc) is 3.23. The molecule has 0 radical (unpaired) electrons. The summed E-state index contributed by atoms with van der Waals surface area (Å²) in [6.07, 6.45) is 4.80. The van der Waals surface area contributed by atoms with Crippen molar-refractivity contribution in [3.8, 4) is 0 Å². The van der Waals surface area contributed by atoms with Crippen molar-refractivity contribution in [3.05, 3.63) is 64.7 Å². The number of rotatable bonds is 6. The molecule has 32 heavy (non-hydrogen) atoms. The summed E-state index contributed by atoms with van der Waals surface area (Å²) in [5.41, 5.74) is 1.73. The molecule has 1 amide bonds. The second-order valence-corrected chi connectivity index (χ2v) is 8.42. The van der Waals surface area contributed by atoms with Gasteiger partial charge in [-0.3, -0.25) is 9.59 Å². The van der Waals surface area contributed by atoms with Gasteiger partial charge in [0.2, 0.25) is 5.91 Å². The van der Waals surface area contributed by atoms with Gasteiger partial charge in [0.25, 0.3) is 5.56 Å². The van der Waals surface area contributed by atoms with Crippen molar-refractivity contribution in [3.63, 3.8) is 0 Å². The Hall–Kier alpha value is -3.68. The molecule has 0 spiro atoms. The van der Waals surface area contributed by atoms with Gasteiger partial charge >= 0.3 is 0 Å². The van der Waals surface area contributed by atoms with Crippen LogP contribution in [-0.2, 0) is 11.2 Å². The number of nitrogens with one attached hydrogen (secondary N) is 4. The molecule has 4 aromatic rings. The summed E-state index contributed by atoms with van der Waals surface area (Å²) >= 11 is 0. The van der Waals surface area contributed by atoms with Crippen LogP contribution in [0.15, 0.2) is 53.3 Å². The summed E-state index contributed by atoms with van der Waals surface area (Å²) in [5, 5.41) is 14.9. The Morgan fingerprint density at radius 2 is 1.81 bits per heavy atom. The van der Waals surface area contributed by atoms with Gasteiger partial charge < -0.3 is 15.6 Å². The Labute approximate surface area is 184 Å². The van der Waals surface area contributed by atoms with Crippen molar-refractivity contribution in [1.29, 1.82) is 0 Å². The predicted molar refractivity (Wildman–Crippen MR) is 125 cm³/mol. The molecule has 0 saturated heterocycles. The molecule has 8 nitrogen and oxygen atoms in total. The van der Waals surface area contributed by atoms with E-state index in [2.05, 4.69) is 30.8 Å². The van der Waals surface area contributed by atoms with E-state index in [1.54, 1.807) is 6.07 Å². The van der Waals surface area contributed by atoms with Crippen LogP contribution in [-0.4, -0.2) is 38.2 Å². The second kappa shape index (κ2) is 8.82. The summed E-state index contributed by atoms with van der Waals surface area (Å²) in [7, 11) is 0. The Kier molecular flexibility index (Phi) is 5.58. The molecular formula is C24H26N6O2. The minimum atomic E-state index is -0.190. The van der Waals surface area contributed by atoms with E-state index in [0.29, 0.717) is 24.0 Å². The lowest BCUT2D eigenvalue weighted by atomic mass is 9.90. The third-order valence-corrected chi connectivity index (χ3v) is 6.10. The third kappa shape index (κ3) is 4.34. The number of carbonyl (C=O) groups is 1. The van der Waals surface area contributed by atoms with Crippen molar-refractivity contribution in [1.82, 2.24) is 25.5 Å². The van der Waals surface area contributed by atoms with Crippen LogP contribution in [0.4, 0.5) is 5.82 Å². The fraction of sp³-hybridized carbons (Fsp3) is 0.333. The van der Waals surface area contributed by atoms with Crippen molar-refractivity contribution in [2.24, 2.45) is 0 Å². The highest BCUT2D eigenvalue weighted by atomic mass is 16.1. The minimum Gasteiger partial charge on any atom is -0.365 e. The Morgan fingerprint density at radius 3 is 2.69 bits per heavy atom. The van der Waals surface area contributed by atoms with Crippen LogP contribution in [0.2, 0.25) is 0 Å². The molecule has 4 N–H and O–H groups in total. The van der Waals surface area contributed by atoms with Gasteiger partial charge in [0.1, 0.15) is 5.82 Å². The molecule has 2 atom stereocenters. The second-order valence-electron chi connectivity index (χ2n) is 8.42. The van der Waals surface area contributed by atoms with Gasteiger partial charge in [0, 0.05) is 30.3 Å². The van der Waals surface area contributed by atoms with Crippen LogP contribution in [0.25, 0.3) is 21.8 Å². The molecule has 1 aliphatic carbocycles. The number of para-hydroxylation sites is 2. The first-order valence-corrected chi connectivity index (χ1v) is 11.1. The third-order valence-electron chi connectivity index (χ3n) is 6.10. The van der Waals surface area contributed by atoms with Gasteiger partial charge in [0.15, 0.2) is 5.82 Å². The van der Waals surface area contributed by atoms with E-state index in [1.165, 1.54) is 0 Å². The zero-order valence-electron chi connectivity index (χ0n) is 17.7. The molecule has 1 aliphatic rings. The number of fused-ring (bicyclic) bond motifs is 2. The van der Waals surface area contributed by atoms with E-state index in [4.69, 9.17) is 0 Å². The molecule has 164 valence electrons. The van der Waals surface area contributed by atoms with Gasteiger partial charge in [-0.15, -0.1) is 0 Å². The average molecular weight is 431 g/mol. The molecule has 2 heterocycles. The van der Waals surface area contributed by atoms with E-state index in [0.717, 1.165) is 47.9 Å². The van der Waals surface area contributed by atoms with Crippen LogP contribution >= 0.6 is 0 Å². The van der Waals surface area contributed by atoms with Gasteiger partial charge in [0.05, 0.1) is 16.4 Å². The zero-order valence-corrected chi connectivity index (χ0v) is 17.7. The molecule has 1 saturated carbocycles. The van der Waals surface area contributed by atoms with Crippen molar-refractivity contribution in [2.45, 2.75) is 50.6 Å². The van der Waals surface area contributed by atoms with Crippen LogP contribution in [0.5, 0.6) is 0 Å². The highest BCUT2D eigenvalue weighted by Gasteiger charge is 2.24. The molecule has 1 fully saturated rings. The maximum atomic E-state index is 12.6. The molecule has 2 aromatic carbocycles. The summed E-state index contributed by atoms with van der Waals surface area (Å²) in [4.78, 5) is 32.4. The lowest BCUT2D eigenvalue weighted by Crippen LogP contribution is -2.42. The quantitative estimate of drug-likeness (QED) is 0.375. The van der Waals surface area contributed by atoms with Gasteiger partial charge in [-0.2, -0.15) is 5.10 Å². The number of carbonyl (C=O) groups excluding carboxylic acids is 1. The number of aromatic nitrogens is 4. The first-order valence-electron chi connectivity index (χ1n) is 11.1. The Balaban J connectivity index is 1.18. The molecule has 2 unspecified atom stereocenters. The van der Waals surface area contributed by atoms with Gasteiger partial charge in [-0.05, 0) is 43.9 Å². The summed E-state index contributed by atoms with van der Waals surface area (Å²) < 4.78 is 0. The largest absolute Gasteiger partial charge is 0.365 e. The highest BCUT2D eigenvalue weighted by molar-refractivity contribution is 5.90. The van der Waals surface area contributed by atoms with Crippen molar-refractivity contribution < 1.29 is 4.79 Å². The van der Waals surface area contributed by atoms with Crippen molar-refractivity contribution >= 4 is 33.5 Å². The van der Waals surface area contributed by atoms with Crippen LogP contribution in [0, 0.1) is 0 Å². The molecule has 0 aliphatic heterocycles. The Morgan fingerprint density at radius 1 is 1.03 bits per heavy atom. The molecule has 8 heteroatoms. The first-order chi connectivity index (χ1) is 15.7. The number of H-pyrrole nitrogens is 2. The number of anilines is 1. The fourth-order valence-corrected chi connectivity index (χ4v) is 4.53. The number of amides is 1. The minimum absolute atomic E-state index is 0.0451. The monoisotopic (exact) mass is 430 g/mol. The summed E-state index contributed by atoms with van der Waals surface area (Å²) in [6.45, 7) is 0. The summed E-state index contributed by atoms with van der Waals surface area (Å²) in [6, 6.07) is 15.6. The first kappa shape index (κ1) is 20.2. The SMILES string of the molecule is O=C(CCc1nc2ccccc2[nH]1)NC1CCCC(Nc2n[nH]c(=O)c3ccccc23)C1. The molecule has 0 bridgehead atoms. The maximum Gasteiger partial charge on any atom is 0.272 e. The molecule has 5 rings (SSSR count). The fourth-order valence-electron chi connectivity index (χ4n) is 4.53. The maximum absolute atomic E-state index is 12.6. The molecular weight excluding hydrogens is 404 g/mol. The topological polar surface area (TPSA) is 116 Å². The standard InChI is InChI=1S/C24H26N6O2/c31-22(13-12-21-27-19-10-3-4-11-20(19)28-21)25-15-6-5-7-16(14-15)26-23-17-8-1-2-9-18(17)24(32)30-29-23/h1-4,8-11,15-16H,5-7,12-14H2,(H,25,31)(H,26,29)(H,27,28)(H,30,32).